The monoisotopic (exact) mass is 418 g/mol. The van der Waals surface area contributed by atoms with E-state index in [1.165, 1.54) is 87.3 Å². The summed E-state index contributed by atoms with van der Waals surface area (Å²) in [5.41, 5.74) is 5.54. The van der Waals surface area contributed by atoms with E-state index in [2.05, 4.69) is 62.4 Å². The van der Waals surface area contributed by atoms with Crippen LogP contribution in [0, 0.1) is 11.8 Å². The van der Waals surface area contributed by atoms with Gasteiger partial charge in [0.1, 0.15) is 0 Å². The summed E-state index contributed by atoms with van der Waals surface area (Å²) < 4.78 is 6.22. The maximum Gasteiger partial charge on any atom is 0.0825 e. The highest BCUT2D eigenvalue weighted by Crippen LogP contribution is 2.38. The van der Waals surface area contributed by atoms with Crippen LogP contribution in [0.3, 0.4) is 0 Å². The van der Waals surface area contributed by atoms with Crippen LogP contribution in [0.15, 0.2) is 48.5 Å². The number of unbranched alkanes of at least 4 members (excludes halogenated alkanes) is 1. The van der Waals surface area contributed by atoms with Gasteiger partial charge in [-0.05, 0) is 85.0 Å². The van der Waals surface area contributed by atoms with Crippen LogP contribution >= 0.6 is 0 Å². The molecule has 2 atom stereocenters. The van der Waals surface area contributed by atoms with Crippen LogP contribution in [-0.4, -0.2) is 6.61 Å². The normalized spacial score (nSPS) is 26.6. The standard InChI is InChI=1S/C30H42O/c1-3-5-7-24-10-21-30(31-22-24)29-19-17-28(18-20-29)27-15-13-26(14-16-27)25-11-8-23(6-4-2)9-12-25/h13-20,23-25,30H,3-12,21-22H2,1-2H3/t23-,24?,25-,30?. The third-order valence-corrected chi connectivity index (χ3v) is 7.88. The van der Waals surface area contributed by atoms with Crippen molar-refractivity contribution >= 4 is 0 Å². The summed E-state index contributed by atoms with van der Waals surface area (Å²) in [5, 5.41) is 0. The first kappa shape index (κ1) is 22.6. The number of hydrogen-bond acceptors (Lipinski definition) is 1. The average Bonchev–Trinajstić information content (AvgIpc) is 2.84. The molecule has 168 valence electrons. The van der Waals surface area contributed by atoms with E-state index in [0.29, 0.717) is 0 Å². The lowest BCUT2D eigenvalue weighted by Crippen LogP contribution is -2.20. The van der Waals surface area contributed by atoms with Crippen LogP contribution in [-0.2, 0) is 4.74 Å². The van der Waals surface area contributed by atoms with Gasteiger partial charge in [0.25, 0.3) is 0 Å². The molecule has 0 bridgehead atoms. The van der Waals surface area contributed by atoms with Crippen LogP contribution in [0.2, 0.25) is 0 Å². The Bertz CT molecular complexity index is 759. The molecule has 2 unspecified atom stereocenters. The summed E-state index contributed by atoms with van der Waals surface area (Å²) in [7, 11) is 0. The van der Waals surface area contributed by atoms with Gasteiger partial charge in [0.05, 0.1) is 12.7 Å². The van der Waals surface area contributed by atoms with Gasteiger partial charge < -0.3 is 4.74 Å². The van der Waals surface area contributed by atoms with Crippen LogP contribution in [0.4, 0.5) is 0 Å². The zero-order valence-corrected chi connectivity index (χ0v) is 19.8. The van der Waals surface area contributed by atoms with E-state index in [1.54, 1.807) is 5.56 Å². The second kappa shape index (κ2) is 11.3. The second-order valence-electron chi connectivity index (χ2n) is 10.2. The van der Waals surface area contributed by atoms with Crippen LogP contribution < -0.4 is 0 Å². The zero-order valence-electron chi connectivity index (χ0n) is 19.8. The Morgan fingerprint density at radius 3 is 1.81 bits per heavy atom. The predicted molar refractivity (Wildman–Crippen MR) is 132 cm³/mol. The predicted octanol–water partition coefficient (Wildman–Crippen LogP) is 9.09. The molecule has 0 radical (unpaired) electrons. The van der Waals surface area contributed by atoms with E-state index in [1.807, 2.05) is 0 Å². The van der Waals surface area contributed by atoms with Gasteiger partial charge in [-0.2, -0.15) is 0 Å². The molecule has 0 N–H and O–H groups in total. The number of ether oxygens (including phenoxy) is 1. The molecule has 4 rings (SSSR count). The van der Waals surface area contributed by atoms with Crippen molar-refractivity contribution in [2.24, 2.45) is 11.8 Å². The van der Waals surface area contributed by atoms with Gasteiger partial charge in [-0.1, -0.05) is 88.1 Å². The number of hydrogen-bond donors (Lipinski definition) is 0. The summed E-state index contributed by atoms with van der Waals surface area (Å²) in [5.74, 6) is 2.53. The fraction of sp³-hybridized carbons (Fsp3) is 0.600. The minimum atomic E-state index is 0.289. The molecule has 1 nitrogen and oxygen atoms in total. The summed E-state index contributed by atoms with van der Waals surface area (Å²) in [6.45, 7) is 5.54. The van der Waals surface area contributed by atoms with Gasteiger partial charge in [0.2, 0.25) is 0 Å². The highest BCUT2D eigenvalue weighted by Gasteiger charge is 2.23. The van der Waals surface area contributed by atoms with E-state index < -0.39 is 0 Å². The number of rotatable bonds is 8. The van der Waals surface area contributed by atoms with Crippen molar-refractivity contribution in [2.75, 3.05) is 6.61 Å². The first-order valence-electron chi connectivity index (χ1n) is 13.1. The van der Waals surface area contributed by atoms with Crippen molar-refractivity contribution in [1.82, 2.24) is 0 Å². The molecule has 1 aliphatic carbocycles. The first-order valence-corrected chi connectivity index (χ1v) is 13.1. The molecule has 1 aliphatic heterocycles. The van der Waals surface area contributed by atoms with E-state index in [0.717, 1.165) is 24.4 Å². The Morgan fingerprint density at radius 1 is 0.645 bits per heavy atom. The Morgan fingerprint density at radius 2 is 1.26 bits per heavy atom. The lowest BCUT2D eigenvalue weighted by atomic mass is 9.77. The third kappa shape index (κ3) is 6.01. The molecular formula is C30H42O. The smallest absolute Gasteiger partial charge is 0.0825 e. The molecule has 2 aliphatic rings. The largest absolute Gasteiger partial charge is 0.373 e. The molecule has 0 aromatic heterocycles. The lowest BCUT2D eigenvalue weighted by Gasteiger charge is -2.29. The van der Waals surface area contributed by atoms with Gasteiger partial charge >= 0.3 is 0 Å². The number of benzene rings is 2. The van der Waals surface area contributed by atoms with E-state index >= 15 is 0 Å². The van der Waals surface area contributed by atoms with Crippen molar-refractivity contribution in [3.05, 3.63) is 59.7 Å². The summed E-state index contributed by atoms with van der Waals surface area (Å²) in [6, 6.07) is 18.6. The topological polar surface area (TPSA) is 9.23 Å². The van der Waals surface area contributed by atoms with Gasteiger partial charge in [0, 0.05) is 0 Å². The molecule has 2 aromatic carbocycles. The third-order valence-electron chi connectivity index (χ3n) is 7.88. The Kier molecular flexibility index (Phi) is 8.25. The molecule has 1 saturated carbocycles. The van der Waals surface area contributed by atoms with Gasteiger partial charge in [-0.15, -0.1) is 0 Å². The van der Waals surface area contributed by atoms with E-state index in [9.17, 15) is 0 Å². The van der Waals surface area contributed by atoms with Crippen molar-refractivity contribution in [2.45, 2.75) is 96.5 Å². The van der Waals surface area contributed by atoms with E-state index in [-0.39, 0.29) is 6.10 Å². The van der Waals surface area contributed by atoms with Crippen molar-refractivity contribution in [3.63, 3.8) is 0 Å². The van der Waals surface area contributed by atoms with Gasteiger partial charge in [-0.25, -0.2) is 0 Å². The maximum absolute atomic E-state index is 6.22. The summed E-state index contributed by atoms with van der Waals surface area (Å²) in [4.78, 5) is 0. The van der Waals surface area contributed by atoms with Crippen molar-refractivity contribution in [1.29, 1.82) is 0 Å². The summed E-state index contributed by atoms with van der Waals surface area (Å²) >= 11 is 0. The molecule has 2 aromatic rings. The molecule has 0 spiro atoms. The van der Waals surface area contributed by atoms with Crippen LogP contribution in [0.1, 0.15) is 108 Å². The molecule has 31 heavy (non-hydrogen) atoms. The molecule has 1 heteroatoms. The maximum atomic E-state index is 6.22. The molecule has 1 heterocycles. The summed E-state index contributed by atoms with van der Waals surface area (Å²) in [6.07, 6.45) is 15.1. The Balaban J connectivity index is 1.31. The first-order chi connectivity index (χ1) is 15.3. The van der Waals surface area contributed by atoms with Crippen LogP contribution in [0.25, 0.3) is 11.1 Å². The average molecular weight is 419 g/mol. The van der Waals surface area contributed by atoms with Gasteiger partial charge in [0.15, 0.2) is 0 Å². The molecule has 1 saturated heterocycles. The van der Waals surface area contributed by atoms with Crippen molar-refractivity contribution in [3.8, 4) is 11.1 Å². The minimum Gasteiger partial charge on any atom is -0.373 e. The van der Waals surface area contributed by atoms with Crippen molar-refractivity contribution < 1.29 is 4.74 Å². The quantitative estimate of drug-likeness (QED) is 0.415. The zero-order chi connectivity index (χ0) is 21.5. The second-order valence-corrected chi connectivity index (χ2v) is 10.2. The fourth-order valence-corrected chi connectivity index (χ4v) is 5.82. The fourth-order valence-electron chi connectivity index (χ4n) is 5.82. The van der Waals surface area contributed by atoms with Gasteiger partial charge in [-0.3, -0.25) is 0 Å². The molecule has 2 fully saturated rings. The lowest BCUT2D eigenvalue weighted by molar-refractivity contribution is -0.0197. The Labute approximate surface area is 190 Å². The van der Waals surface area contributed by atoms with Crippen LogP contribution in [0.5, 0.6) is 0 Å². The highest BCUT2D eigenvalue weighted by molar-refractivity contribution is 5.64. The molecule has 0 amide bonds. The molecular weight excluding hydrogens is 376 g/mol. The SMILES string of the molecule is CCCCC1CCC(c2ccc(-c3ccc([C@H]4CC[C@H](CCC)CC4)cc3)cc2)OC1. The minimum absolute atomic E-state index is 0.289. The Hall–Kier alpha value is -1.60. The van der Waals surface area contributed by atoms with E-state index in [4.69, 9.17) is 4.74 Å². The highest BCUT2D eigenvalue weighted by atomic mass is 16.5.